The molecule has 2 heterocycles. The molecule has 5 heteroatoms. The fourth-order valence-electron chi connectivity index (χ4n) is 2.68. The van der Waals surface area contributed by atoms with E-state index >= 15 is 0 Å². The van der Waals surface area contributed by atoms with Gasteiger partial charge in [-0.05, 0) is 30.3 Å². The highest BCUT2D eigenvalue weighted by molar-refractivity contribution is 6.31. The maximum atomic E-state index is 6.06. The molecule has 0 bridgehead atoms. The van der Waals surface area contributed by atoms with E-state index in [0.717, 1.165) is 49.8 Å². The van der Waals surface area contributed by atoms with E-state index in [1.807, 2.05) is 36.5 Å². The molecule has 110 valence electrons. The van der Waals surface area contributed by atoms with Crippen LogP contribution in [-0.4, -0.2) is 36.1 Å². The van der Waals surface area contributed by atoms with E-state index < -0.39 is 0 Å². The first-order valence-corrected chi connectivity index (χ1v) is 7.52. The van der Waals surface area contributed by atoms with Crippen molar-refractivity contribution in [2.24, 2.45) is 0 Å². The van der Waals surface area contributed by atoms with Crippen molar-refractivity contribution in [3.63, 3.8) is 0 Å². The molecule has 0 atom stereocenters. The maximum Gasteiger partial charge on any atom is 0.0601 e. The molecule has 0 spiro atoms. The summed E-state index contributed by atoms with van der Waals surface area (Å²) in [7, 11) is 0. The zero-order valence-corrected chi connectivity index (χ0v) is 12.6. The third kappa shape index (κ3) is 3.46. The third-order valence-corrected chi connectivity index (χ3v) is 4.05. The van der Waals surface area contributed by atoms with Gasteiger partial charge in [0.15, 0.2) is 0 Å². The highest BCUT2D eigenvalue weighted by Gasteiger charge is 2.19. The van der Waals surface area contributed by atoms with Gasteiger partial charge in [0.25, 0.3) is 0 Å². The van der Waals surface area contributed by atoms with Crippen LogP contribution in [0.25, 0.3) is 0 Å². The second-order valence-electron chi connectivity index (χ2n) is 5.29. The summed E-state index contributed by atoms with van der Waals surface area (Å²) >= 11 is 5.96. The summed E-state index contributed by atoms with van der Waals surface area (Å²) in [6.45, 7) is 4.87. The van der Waals surface area contributed by atoms with Crippen LogP contribution in [0, 0.1) is 0 Å². The average Bonchev–Trinajstić information content (AvgIpc) is 2.49. The van der Waals surface area contributed by atoms with Crippen LogP contribution in [0.5, 0.6) is 0 Å². The van der Waals surface area contributed by atoms with Crippen LogP contribution in [0.1, 0.15) is 5.69 Å². The highest BCUT2D eigenvalue weighted by Crippen LogP contribution is 2.27. The van der Waals surface area contributed by atoms with Crippen molar-refractivity contribution >= 4 is 23.0 Å². The number of nitrogen functional groups attached to an aromatic ring is 1. The Morgan fingerprint density at radius 2 is 1.90 bits per heavy atom. The van der Waals surface area contributed by atoms with E-state index in [1.165, 1.54) is 0 Å². The first-order valence-electron chi connectivity index (χ1n) is 7.14. The fraction of sp³-hybridized carbons (Fsp3) is 0.312. The molecule has 0 amide bonds. The van der Waals surface area contributed by atoms with E-state index in [-0.39, 0.29) is 0 Å². The summed E-state index contributed by atoms with van der Waals surface area (Å²) < 4.78 is 0. The number of benzene rings is 1. The van der Waals surface area contributed by atoms with Crippen molar-refractivity contribution in [3.05, 3.63) is 53.3 Å². The third-order valence-electron chi connectivity index (χ3n) is 3.81. The standard InChI is InChI=1S/C16H19ClN4/c17-13-4-5-16(15(18)11-13)21-9-7-20(8-10-21)12-14-3-1-2-6-19-14/h1-6,11H,7-10,12,18H2. The number of halogens is 1. The van der Waals surface area contributed by atoms with Crippen molar-refractivity contribution in [3.8, 4) is 0 Å². The number of hydrogen-bond acceptors (Lipinski definition) is 4. The minimum atomic E-state index is 0.685. The second-order valence-corrected chi connectivity index (χ2v) is 5.72. The Balaban J connectivity index is 1.60. The Morgan fingerprint density at radius 1 is 1.10 bits per heavy atom. The molecule has 4 nitrogen and oxygen atoms in total. The molecule has 3 rings (SSSR count). The number of rotatable bonds is 3. The Bertz CT molecular complexity index is 594. The summed E-state index contributed by atoms with van der Waals surface area (Å²) in [4.78, 5) is 9.13. The topological polar surface area (TPSA) is 45.4 Å². The van der Waals surface area contributed by atoms with Gasteiger partial charge in [-0.25, -0.2) is 0 Å². The number of pyridine rings is 1. The molecular formula is C16H19ClN4. The van der Waals surface area contributed by atoms with E-state index in [4.69, 9.17) is 17.3 Å². The maximum absolute atomic E-state index is 6.06. The molecule has 2 N–H and O–H groups in total. The monoisotopic (exact) mass is 302 g/mol. The molecule has 2 aromatic rings. The van der Waals surface area contributed by atoms with Gasteiger partial charge in [-0.2, -0.15) is 0 Å². The molecule has 1 aromatic carbocycles. The Hall–Kier alpha value is -1.78. The van der Waals surface area contributed by atoms with Gasteiger partial charge in [0.2, 0.25) is 0 Å². The van der Waals surface area contributed by atoms with Crippen LogP contribution in [0.15, 0.2) is 42.6 Å². The highest BCUT2D eigenvalue weighted by atomic mass is 35.5. The van der Waals surface area contributed by atoms with Crippen molar-refractivity contribution in [2.75, 3.05) is 36.8 Å². The SMILES string of the molecule is Nc1cc(Cl)ccc1N1CCN(Cc2ccccn2)CC1. The smallest absolute Gasteiger partial charge is 0.0601 e. The molecule has 0 radical (unpaired) electrons. The molecule has 1 aliphatic heterocycles. The van der Waals surface area contributed by atoms with Crippen LogP contribution in [0.4, 0.5) is 11.4 Å². The quantitative estimate of drug-likeness (QED) is 0.885. The summed E-state index contributed by atoms with van der Waals surface area (Å²) in [6.07, 6.45) is 1.85. The van der Waals surface area contributed by atoms with Gasteiger partial charge in [0.05, 0.1) is 17.1 Å². The lowest BCUT2D eigenvalue weighted by Gasteiger charge is -2.36. The lowest BCUT2D eigenvalue weighted by molar-refractivity contribution is 0.247. The number of nitrogens with two attached hydrogens (primary N) is 1. The largest absolute Gasteiger partial charge is 0.397 e. The lowest BCUT2D eigenvalue weighted by Crippen LogP contribution is -2.46. The lowest BCUT2D eigenvalue weighted by atomic mass is 10.2. The Morgan fingerprint density at radius 3 is 2.57 bits per heavy atom. The number of anilines is 2. The van der Waals surface area contributed by atoms with Crippen molar-refractivity contribution in [1.82, 2.24) is 9.88 Å². The summed E-state index contributed by atoms with van der Waals surface area (Å²) in [5.74, 6) is 0. The minimum absolute atomic E-state index is 0.685. The first-order chi connectivity index (χ1) is 10.2. The van der Waals surface area contributed by atoms with Crippen molar-refractivity contribution in [2.45, 2.75) is 6.54 Å². The van der Waals surface area contributed by atoms with Crippen LogP contribution in [-0.2, 0) is 6.54 Å². The average molecular weight is 303 g/mol. The van der Waals surface area contributed by atoms with Gasteiger partial charge in [0.1, 0.15) is 0 Å². The van der Waals surface area contributed by atoms with Gasteiger partial charge in [-0.1, -0.05) is 17.7 Å². The molecule has 1 saturated heterocycles. The Labute approximate surface area is 130 Å². The van der Waals surface area contributed by atoms with Crippen LogP contribution < -0.4 is 10.6 Å². The predicted octanol–water partition coefficient (Wildman–Crippen LogP) is 2.64. The van der Waals surface area contributed by atoms with Gasteiger partial charge < -0.3 is 10.6 Å². The van der Waals surface area contributed by atoms with Crippen LogP contribution >= 0.6 is 11.6 Å². The molecular weight excluding hydrogens is 284 g/mol. The number of hydrogen-bond donors (Lipinski definition) is 1. The van der Waals surface area contributed by atoms with Crippen LogP contribution in [0.2, 0.25) is 5.02 Å². The second kappa shape index (κ2) is 6.33. The van der Waals surface area contributed by atoms with E-state index in [2.05, 4.69) is 20.9 Å². The molecule has 21 heavy (non-hydrogen) atoms. The Kier molecular flexibility index (Phi) is 4.27. The van der Waals surface area contributed by atoms with E-state index in [0.29, 0.717) is 5.02 Å². The molecule has 0 unspecified atom stereocenters. The molecule has 0 saturated carbocycles. The molecule has 1 aliphatic rings. The van der Waals surface area contributed by atoms with Gasteiger partial charge in [-0.3, -0.25) is 9.88 Å². The number of aromatic nitrogens is 1. The van der Waals surface area contributed by atoms with Gasteiger partial charge in [-0.15, -0.1) is 0 Å². The summed E-state index contributed by atoms with van der Waals surface area (Å²) in [5, 5.41) is 0.685. The molecule has 0 aliphatic carbocycles. The minimum Gasteiger partial charge on any atom is -0.397 e. The molecule has 1 aromatic heterocycles. The van der Waals surface area contributed by atoms with Gasteiger partial charge >= 0.3 is 0 Å². The zero-order valence-electron chi connectivity index (χ0n) is 11.9. The normalized spacial score (nSPS) is 16.1. The summed E-state index contributed by atoms with van der Waals surface area (Å²) in [5.41, 5.74) is 9.01. The summed E-state index contributed by atoms with van der Waals surface area (Å²) in [6, 6.07) is 11.8. The predicted molar refractivity (Wildman–Crippen MR) is 87.6 cm³/mol. The van der Waals surface area contributed by atoms with Gasteiger partial charge in [0, 0.05) is 43.9 Å². The molecule has 1 fully saturated rings. The van der Waals surface area contributed by atoms with Crippen molar-refractivity contribution < 1.29 is 0 Å². The van der Waals surface area contributed by atoms with E-state index in [1.54, 1.807) is 0 Å². The fourth-order valence-corrected chi connectivity index (χ4v) is 2.86. The van der Waals surface area contributed by atoms with E-state index in [9.17, 15) is 0 Å². The van der Waals surface area contributed by atoms with Crippen molar-refractivity contribution in [1.29, 1.82) is 0 Å². The zero-order chi connectivity index (χ0) is 14.7. The van der Waals surface area contributed by atoms with Crippen LogP contribution in [0.3, 0.4) is 0 Å². The number of nitrogens with zero attached hydrogens (tertiary/aromatic N) is 3. The number of piperazine rings is 1. The first kappa shape index (κ1) is 14.2.